The van der Waals surface area contributed by atoms with Crippen LogP contribution in [0.4, 0.5) is 11.6 Å². The zero-order chi connectivity index (χ0) is 15.5. The van der Waals surface area contributed by atoms with Gasteiger partial charge in [-0.3, -0.25) is 0 Å². The smallest absolute Gasteiger partial charge is 0.158 e. The minimum Gasteiger partial charge on any atom is -0.380 e. The van der Waals surface area contributed by atoms with Crippen LogP contribution in [0, 0.1) is 5.92 Å². The summed E-state index contributed by atoms with van der Waals surface area (Å²) in [7, 11) is 0. The van der Waals surface area contributed by atoms with E-state index in [-0.39, 0.29) is 0 Å². The first kappa shape index (κ1) is 17.6. The molecule has 0 atom stereocenters. The zero-order valence-electron chi connectivity index (χ0n) is 13.2. The highest BCUT2D eigenvalue weighted by atomic mass is 16.5. The summed E-state index contributed by atoms with van der Waals surface area (Å²) in [6, 6.07) is 1.75. The van der Waals surface area contributed by atoms with E-state index in [0.29, 0.717) is 49.7 Å². The molecule has 7 heteroatoms. The first-order chi connectivity index (χ1) is 10.2. The fraction of sp³-hybridized carbons (Fsp3) is 0.714. The number of nitrogen functional groups attached to an aromatic ring is 1. The van der Waals surface area contributed by atoms with Gasteiger partial charge in [-0.25, -0.2) is 15.8 Å². The van der Waals surface area contributed by atoms with Crippen LogP contribution in [0.1, 0.15) is 33.0 Å². The minimum atomic E-state index is 0.367. The molecule has 21 heavy (non-hydrogen) atoms. The van der Waals surface area contributed by atoms with E-state index >= 15 is 0 Å². The maximum Gasteiger partial charge on any atom is 0.158 e. The number of hydrazine groups is 1. The van der Waals surface area contributed by atoms with Crippen LogP contribution in [-0.4, -0.2) is 36.3 Å². The van der Waals surface area contributed by atoms with Crippen LogP contribution in [0.15, 0.2) is 6.07 Å². The second-order valence-electron chi connectivity index (χ2n) is 5.06. The molecule has 0 amide bonds. The minimum absolute atomic E-state index is 0.367. The fourth-order valence-electron chi connectivity index (χ4n) is 1.59. The lowest BCUT2D eigenvalue weighted by atomic mass is 10.1. The van der Waals surface area contributed by atoms with Crippen LogP contribution < -0.4 is 16.6 Å². The number of rotatable bonds is 11. The van der Waals surface area contributed by atoms with Crippen molar-refractivity contribution in [2.24, 2.45) is 11.8 Å². The van der Waals surface area contributed by atoms with Gasteiger partial charge in [0, 0.05) is 25.8 Å². The monoisotopic (exact) mass is 297 g/mol. The van der Waals surface area contributed by atoms with E-state index in [2.05, 4.69) is 34.6 Å². The van der Waals surface area contributed by atoms with Crippen molar-refractivity contribution in [3.05, 3.63) is 11.9 Å². The highest BCUT2D eigenvalue weighted by Crippen LogP contribution is 2.11. The van der Waals surface area contributed by atoms with Gasteiger partial charge < -0.3 is 20.2 Å². The van der Waals surface area contributed by atoms with Gasteiger partial charge >= 0.3 is 0 Å². The quantitative estimate of drug-likeness (QED) is 0.325. The Balaban J connectivity index is 2.39. The third-order valence-electron chi connectivity index (χ3n) is 2.75. The second kappa shape index (κ2) is 10.3. The van der Waals surface area contributed by atoms with E-state index < -0.39 is 0 Å². The predicted molar refractivity (Wildman–Crippen MR) is 83.9 cm³/mol. The molecule has 1 rings (SSSR count). The molecule has 0 aromatic carbocycles. The summed E-state index contributed by atoms with van der Waals surface area (Å²) in [5, 5.41) is 3.20. The molecular formula is C14H27N5O2. The maximum atomic E-state index is 5.55. The molecule has 0 aliphatic heterocycles. The molecule has 7 nitrogen and oxygen atoms in total. The van der Waals surface area contributed by atoms with Gasteiger partial charge in [0.2, 0.25) is 0 Å². The molecular weight excluding hydrogens is 270 g/mol. The summed E-state index contributed by atoms with van der Waals surface area (Å²) in [5.74, 6) is 7.93. The molecule has 0 fully saturated rings. The fourth-order valence-corrected chi connectivity index (χ4v) is 1.59. The molecule has 1 aromatic heterocycles. The summed E-state index contributed by atoms with van der Waals surface area (Å²) in [6.45, 7) is 9.40. The Morgan fingerprint density at radius 1 is 1.19 bits per heavy atom. The lowest BCUT2D eigenvalue weighted by molar-refractivity contribution is 0.128. The van der Waals surface area contributed by atoms with Crippen LogP contribution >= 0.6 is 0 Å². The molecule has 0 saturated carbocycles. The number of nitrogens with zero attached hydrogens (tertiary/aromatic N) is 2. The van der Waals surface area contributed by atoms with E-state index in [9.17, 15) is 0 Å². The lowest BCUT2D eigenvalue weighted by Gasteiger charge is -2.10. The molecule has 4 N–H and O–H groups in total. The highest BCUT2D eigenvalue weighted by Gasteiger charge is 2.04. The van der Waals surface area contributed by atoms with Crippen LogP contribution in [0.5, 0.6) is 0 Å². The summed E-state index contributed by atoms with van der Waals surface area (Å²) in [6.07, 6.45) is 1.08. The number of nitrogens with one attached hydrogen (secondary N) is 2. The average molecular weight is 297 g/mol. The Labute approximate surface area is 126 Å². The van der Waals surface area contributed by atoms with Gasteiger partial charge in [-0.2, -0.15) is 0 Å². The van der Waals surface area contributed by atoms with Crippen molar-refractivity contribution in [2.45, 2.75) is 33.8 Å². The molecule has 0 aliphatic rings. The van der Waals surface area contributed by atoms with Crippen molar-refractivity contribution in [2.75, 3.05) is 37.1 Å². The molecule has 0 radical (unpaired) electrons. The molecule has 120 valence electrons. The number of ether oxygens (including phenoxy) is 2. The van der Waals surface area contributed by atoms with E-state index in [1.54, 1.807) is 6.07 Å². The van der Waals surface area contributed by atoms with Crippen LogP contribution in [0.25, 0.3) is 0 Å². The molecule has 0 saturated heterocycles. The van der Waals surface area contributed by atoms with Gasteiger partial charge in [0.15, 0.2) is 5.82 Å². The maximum absolute atomic E-state index is 5.55. The third kappa shape index (κ3) is 7.79. The number of anilines is 2. The van der Waals surface area contributed by atoms with Crippen molar-refractivity contribution in [1.29, 1.82) is 0 Å². The van der Waals surface area contributed by atoms with Crippen molar-refractivity contribution < 1.29 is 9.47 Å². The first-order valence-corrected chi connectivity index (χ1v) is 7.39. The normalized spacial score (nSPS) is 10.9. The van der Waals surface area contributed by atoms with Gasteiger partial charge in [-0.05, 0) is 19.3 Å². The molecule has 0 spiro atoms. The average Bonchev–Trinajstić information content (AvgIpc) is 2.48. The van der Waals surface area contributed by atoms with E-state index in [4.69, 9.17) is 15.3 Å². The largest absolute Gasteiger partial charge is 0.380 e. The van der Waals surface area contributed by atoms with Gasteiger partial charge in [0.1, 0.15) is 18.2 Å². The summed E-state index contributed by atoms with van der Waals surface area (Å²) in [4.78, 5) is 8.59. The Bertz CT molecular complexity index is 401. The zero-order valence-corrected chi connectivity index (χ0v) is 13.2. The summed E-state index contributed by atoms with van der Waals surface area (Å²) in [5.41, 5.74) is 2.53. The summed E-state index contributed by atoms with van der Waals surface area (Å²) < 4.78 is 10.9. The number of hydrogen-bond acceptors (Lipinski definition) is 7. The van der Waals surface area contributed by atoms with Crippen LogP contribution in [-0.2, 0) is 16.1 Å². The van der Waals surface area contributed by atoms with Gasteiger partial charge in [-0.1, -0.05) is 13.8 Å². The van der Waals surface area contributed by atoms with Crippen LogP contribution in [0.3, 0.4) is 0 Å². The second-order valence-corrected chi connectivity index (χ2v) is 5.06. The molecule has 1 heterocycles. The SMILES string of the molecule is CCOCc1nc(NN)cc(NCCOCCC(C)C)n1. The molecule has 0 bridgehead atoms. The van der Waals surface area contributed by atoms with Crippen molar-refractivity contribution in [3.63, 3.8) is 0 Å². The Kier molecular flexibility index (Phi) is 8.65. The Hall–Kier alpha value is -1.44. The standard InChI is InChI=1S/C14H27N5O2/c1-4-20-10-14-17-12(9-13(18-14)19-15)16-6-8-21-7-5-11(2)3/h9,11H,4-8,10,15H2,1-3H3,(H2,16,17,18,19). The predicted octanol–water partition coefficient (Wildman–Crippen LogP) is 1.77. The summed E-state index contributed by atoms with van der Waals surface area (Å²) >= 11 is 0. The Morgan fingerprint density at radius 3 is 2.62 bits per heavy atom. The Morgan fingerprint density at radius 2 is 1.95 bits per heavy atom. The van der Waals surface area contributed by atoms with Gasteiger partial charge in [0.05, 0.1) is 6.61 Å². The van der Waals surface area contributed by atoms with Crippen molar-refractivity contribution >= 4 is 11.6 Å². The number of aromatic nitrogens is 2. The number of nitrogens with two attached hydrogens (primary N) is 1. The van der Waals surface area contributed by atoms with Crippen LogP contribution in [0.2, 0.25) is 0 Å². The van der Waals surface area contributed by atoms with E-state index in [1.165, 1.54) is 0 Å². The van der Waals surface area contributed by atoms with Crippen molar-refractivity contribution in [3.8, 4) is 0 Å². The van der Waals surface area contributed by atoms with E-state index in [0.717, 1.165) is 13.0 Å². The van der Waals surface area contributed by atoms with Gasteiger partial charge in [-0.15, -0.1) is 0 Å². The van der Waals surface area contributed by atoms with E-state index in [1.807, 2.05) is 6.92 Å². The van der Waals surface area contributed by atoms with Crippen molar-refractivity contribution in [1.82, 2.24) is 9.97 Å². The third-order valence-corrected chi connectivity index (χ3v) is 2.75. The number of hydrogen-bond donors (Lipinski definition) is 3. The lowest BCUT2D eigenvalue weighted by Crippen LogP contribution is -2.15. The topological polar surface area (TPSA) is 94.3 Å². The molecule has 1 aromatic rings. The molecule has 0 aliphatic carbocycles. The van der Waals surface area contributed by atoms with Gasteiger partial charge in [0.25, 0.3) is 0 Å². The first-order valence-electron chi connectivity index (χ1n) is 7.39. The molecule has 0 unspecified atom stereocenters. The highest BCUT2D eigenvalue weighted by molar-refractivity contribution is 5.46.